The zero-order valence-corrected chi connectivity index (χ0v) is 16.6. The van der Waals surface area contributed by atoms with Crippen molar-refractivity contribution >= 4 is 28.4 Å². The molecule has 10 heteroatoms. The molecule has 2 N–H and O–H groups in total. The number of piperidine rings is 1. The van der Waals surface area contributed by atoms with Crippen LogP contribution in [-0.2, 0) is 4.79 Å². The highest BCUT2D eigenvalue weighted by Crippen LogP contribution is 2.28. The third-order valence-electron chi connectivity index (χ3n) is 5.33. The molecule has 0 bridgehead atoms. The van der Waals surface area contributed by atoms with Gasteiger partial charge in [-0.15, -0.1) is 0 Å². The van der Waals surface area contributed by atoms with E-state index in [2.05, 4.69) is 38.5 Å². The van der Waals surface area contributed by atoms with Gasteiger partial charge in [-0.2, -0.15) is 10.2 Å². The molecule has 0 aliphatic carbocycles. The van der Waals surface area contributed by atoms with Crippen molar-refractivity contribution in [3.63, 3.8) is 0 Å². The van der Waals surface area contributed by atoms with Crippen LogP contribution in [0.4, 0.5) is 5.82 Å². The number of likely N-dealkylation sites (tertiary alicyclic amines) is 1. The maximum absolute atomic E-state index is 12.1. The van der Waals surface area contributed by atoms with E-state index in [9.17, 15) is 4.79 Å². The van der Waals surface area contributed by atoms with E-state index in [1.165, 1.54) is 12.4 Å². The second kappa shape index (κ2) is 7.53. The Bertz CT molecular complexity index is 1370. The molecular formula is C21H19N9O. The first-order valence-corrected chi connectivity index (χ1v) is 9.86. The standard InChI is InChI=1S/C21H19N9O/c1-2-18(31)28-10-4-5-15(12-28)30-21-19(20(22)24-13-25-21)16(27-30)8-7-14-11-23-17-6-3-9-26-29(14)17/h2-3,6,9,11,13,15H,1,4-5,10,12H2,(H2,22,24,25)/t15-/m1/s1. The molecular weight excluding hydrogens is 394 g/mol. The number of fused-ring (bicyclic) bond motifs is 2. The fourth-order valence-electron chi connectivity index (χ4n) is 3.86. The van der Waals surface area contributed by atoms with Crippen LogP contribution in [0.2, 0.25) is 0 Å². The number of nitrogens with two attached hydrogens (primary N) is 1. The Morgan fingerprint density at radius 2 is 2.19 bits per heavy atom. The molecule has 1 saturated heterocycles. The highest BCUT2D eigenvalue weighted by Gasteiger charge is 2.27. The number of hydrogen-bond donors (Lipinski definition) is 1. The monoisotopic (exact) mass is 413 g/mol. The molecule has 10 nitrogen and oxygen atoms in total. The topological polar surface area (TPSA) is 120 Å². The number of amides is 1. The molecule has 1 aliphatic heterocycles. The quantitative estimate of drug-likeness (QED) is 0.387. The van der Waals surface area contributed by atoms with Crippen molar-refractivity contribution in [1.29, 1.82) is 0 Å². The molecule has 1 atom stereocenters. The van der Waals surface area contributed by atoms with E-state index >= 15 is 0 Å². The van der Waals surface area contributed by atoms with E-state index in [1.54, 1.807) is 21.8 Å². The molecule has 0 aromatic carbocycles. The summed E-state index contributed by atoms with van der Waals surface area (Å²) in [6, 6.07) is 3.63. The second-order valence-corrected chi connectivity index (χ2v) is 7.22. The predicted octanol–water partition coefficient (Wildman–Crippen LogP) is 1.20. The molecule has 4 aromatic heterocycles. The van der Waals surface area contributed by atoms with Crippen LogP contribution in [0.3, 0.4) is 0 Å². The SMILES string of the molecule is C=CC(=O)N1CCC[C@@H](n2nc(C#Cc3cnc4cccnn34)c3c(N)ncnc32)C1. The molecule has 0 saturated carbocycles. The summed E-state index contributed by atoms with van der Waals surface area (Å²) >= 11 is 0. The Labute approximate surface area is 177 Å². The first-order chi connectivity index (χ1) is 15.2. The third kappa shape index (κ3) is 3.26. The summed E-state index contributed by atoms with van der Waals surface area (Å²) in [6.45, 7) is 4.81. The summed E-state index contributed by atoms with van der Waals surface area (Å²) in [4.78, 5) is 26.7. The number of nitrogens with zero attached hydrogens (tertiary/aromatic N) is 8. The van der Waals surface area contributed by atoms with Gasteiger partial charge in [0.15, 0.2) is 11.3 Å². The van der Waals surface area contributed by atoms with Crippen LogP contribution in [0.15, 0.2) is 43.5 Å². The smallest absolute Gasteiger partial charge is 0.246 e. The number of hydrogen-bond acceptors (Lipinski definition) is 7. The predicted molar refractivity (Wildman–Crippen MR) is 114 cm³/mol. The molecule has 5 heterocycles. The van der Waals surface area contributed by atoms with Crippen LogP contribution in [0.1, 0.15) is 30.3 Å². The van der Waals surface area contributed by atoms with Crippen molar-refractivity contribution in [2.24, 2.45) is 0 Å². The molecule has 4 aromatic rings. The summed E-state index contributed by atoms with van der Waals surface area (Å²) in [5.41, 5.74) is 8.58. The Morgan fingerprint density at radius 1 is 1.29 bits per heavy atom. The average Bonchev–Trinajstić information content (AvgIpc) is 3.39. The minimum Gasteiger partial charge on any atom is -0.383 e. The molecule has 0 unspecified atom stereocenters. The van der Waals surface area contributed by atoms with Crippen molar-refractivity contribution in [1.82, 2.24) is 39.2 Å². The van der Waals surface area contributed by atoms with E-state index in [0.717, 1.165) is 12.8 Å². The van der Waals surface area contributed by atoms with Gasteiger partial charge in [0.2, 0.25) is 5.91 Å². The first-order valence-electron chi connectivity index (χ1n) is 9.86. The maximum Gasteiger partial charge on any atom is 0.246 e. The van der Waals surface area contributed by atoms with Crippen LogP contribution >= 0.6 is 0 Å². The lowest BCUT2D eigenvalue weighted by Crippen LogP contribution is -2.40. The van der Waals surface area contributed by atoms with Crippen LogP contribution in [0, 0.1) is 11.8 Å². The lowest BCUT2D eigenvalue weighted by atomic mass is 10.1. The third-order valence-corrected chi connectivity index (χ3v) is 5.33. The molecule has 154 valence electrons. The number of anilines is 1. The first kappa shape index (κ1) is 18.7. The van der Waals surface area contributed by atoms with Gasteiger partial charge in [0, 0.05) is 19.3 Å². The number of carbonyl (C=O) groups excluding carboxylic acids is 1. The van der Waals surface area contributed by atoms with Gasteiger partial charge in [-0.1, -0.05) is 6.58 Å². The van der Waals surface area contributed by atoms with E-state index in [4.69, 9.17) is 10.8 Å². The summed E-state index contributed by atoms with van der Waals surface area (Å²) in [6.07, 6.45) is 7.82. The van der Waals surface area contributed by atoms with Gasteiger partial charge in [-0.25, -0.2) is 24.1 Å². The Hall–Kier alpha value is -4.26. The fourth-order valence-corrected chi connectivity index (χ4v) is 3.86. The van der Waals surface area contributed by atoms with Crippen molar-refractivity contribution in [3.8, 4) is 11.8 Å². The highest BCUT2D eigenvalue weighted by atomic mass is 16.2. The van der Waals surface area contributed by atoms with E-state index < -0.39 is 0 Å². The number of carbonyl (C=O) groups is 1. The summed E-state index contributed by atoms with van der Waals surface area (Å²) in [5, 5.41) is 9.60. The van der Waals surface area contributed by atoms with Crippen LogP contribution in [0.5, 0.6) is 0 Å². The van der Waals surface area contributed by atoms with Gasteiger partial charge in [0.05, 0.1) is 17.6 Å². The largest absolute Gasteiger partial charge is 0.383 e. The average molecular weight is 413 g/mol. The van der Waals surface area contributed by atoms with Crippen LogP contribution < -0.4 is 5.73 Å². The van der Waals surface area contributed by atoms with Crippen molar-refractivity contribution in [3.05, 3.63) is 54.9 Å². The van der Waals surface area contributed by atoms with Gasteiger partial charge in [0.25, 0.3) is 0 Å². The second-order valence-electron chi connectivity index (χ2n) is 7.22. The highest BCUT2D eigenvalue weighted by molar-refractivity contribution is 5.90. The Balaban J connectivity index is 1.58. The number of imidazole rings is 1. The summed E-state index contributed by atoms with van der Waals surface area (Å²) in [5.74, 6) is 6.39. The number of rotatable bonds is 2. The van der Waals surface area contributed by atoms with Crippen molar-refractivity contribution in [2.45, 2.75) is 18.9 Å². The molecule has 1 aliphatic rings. The van der Waals surface area contributed by atoms with Gasteiger partial charge < -0.3 is 10.6 Å². The van der Waals surface area contributed by atoms with E-state index in [-0.39, 0.29) is 11.9 Å². The maximum atomic E-state index is 12.1. The minimum atomic E-state index is -0.0876. The van der Waals surface area contributed by atoms with E-state index in [0.29, 0.717) is 47.0 Å². The van der Waals surface area contributed by atoms with Crippen molar-refractivity contribution < 1.29 is 4.79 Å². The van der Waals surface area contributed by atoms with Crippen LogP contribution in [0.25, 0.3) is 16.7 Å². The van der Waals surface area contributed by atoms with E-state index in [1.807, 2.05) is 16.8 Å². The summed E-state index contributed by atoms with van der Waals surface area (Å²) < 4.78 is 3.47. The molecule has 1 fully saturated rings. The van der Waals surface area contributed by atoms with Gasteiger partial charge in [-0.3, -0.25) is 4.79 Å². The minimum absolute atomic E-state index is 0.0394. The molecule has 31 heavy (non-hydrogen) atoms. The zero-order valence-electron chi connectivity index (χ0n) is 16.6. The molecule has 5 rings (SSSR count). The van der Waals surface area contributed by atoms with Gasteiger partial charge >= 0.3 is 0 Å². The molecule has 0 radical (unpaired) electrons. The molecule has 1 amide bonds. The fraction of sp³-hybridized carbons (Fsp3) is 0.238. The normalized spacial score (nSPS) is 16.3. The van der Waals surface area contributed by atoms with Gasteiger partial charge in [0.1, 0.15) is 23.5 Å². The lowest BCUT2D eigenvalue weighted by Gasteiger charge is -2.32. The molecule has 0 spiro atoms. The number of nitrogen functional groups attached to an aromatic ring is 1. The Kier molecular flexibility index (Phi) is 4.55. The zero-order chi connectivity index (χ0) is 21.4. The van der Waals surface area contributed by atoms with Crippen molar-refractivity contribution in [2.75, 3.05) is 18.8 Å². The van der Waals surface area contributed by atoms with Crippen LogP contribution in [-0.4, -0.2) is 58.2 Å². The van der Waals surface area contributed by atoms with Gasteiger partial charge in [-0.05, 0) is 42.9 Å². The summed E-state index contributed by atoms with van der Waals surface area (Å²) in [7, 11) is 0. The lowest BCUT2D eigenvalue weighted by molar-refractivity contribution is -0.127. The Morgan fingerprint density at radius 3 is 3.06 bits per heavy atom. The number of aromatic nitrogens is 7.